The van der Waals surface area contributed by atoms with Crippen LogP contribution < -0.4 is 9.62 Å². The summed E-state index contributed by atoms with van der Waals surface area (Å²) in [5.74, 6) is 0. The van der Waals surface area contributed by atoms with Crippen molar-refractivity contribution in [2.75, 3.05) is 15.9 Å². The van der Waals surface area contributed by atoms with Gasteiger partial charge in [0.2, 0.25) is 10.0 Å². The Morgan fingerprint density at radius 3 is 2.58 bits per heavy atom. The third-order valence-corrected chi connectivity index (χ3v) is 5.71. The highest BCUT2D eigenvalue weighted by Crippen LogP contribution is 2.36. The van der Waals surface area contributed by atoms with E-state index in [2.05, 4.69) is 15.8 Å². The molecule has 0 bridgehead atoms. The van der Waals surface area contributed by atoms with E-state index in [9.17, 15) is 18.5 Å². The molecule has 1 aliphatic rings. The lowest BCUT2D eigenvalue weighted by Gasteiger charge is -2.33. The summed E-state index contributed by atoms with van der Waals surface area (Å²) in [4.78, 5) is 18.6. The SMILES string of the molecule is CS(=O)(=O)Nc1cccc(N2C=C(c3ccccn3)C=C(c3ccccc3C#N)C2C=O)c1. The summed E-state index contributed by atoms with van der Waals surface area (Å²) < 4.78 is 25.9. The maximum atomic E-state index is 12.4. The van der Waals surface area contributed by atoms with Gasteiger partial charge >= 0.3 is 0 Å². The van der Waals surface area contributed by atoms with Crippen LogP contribution >= 0.6 is 0 Å². The van der Waals surface area contributed by atoms with Crippen LogP contribution in [0, 0.1) is 11.3 Å². The minimum atomic E-state index is -3.47. The maximum Gasteiger partial charge on any atom is 0.229 e. The molecule has 164 valence electrons. The van der Waals surface area contributed by atoms with E-state index in [1.807, 2.05) is 36.4 Å². The largest absolute Gasteiger partial charge is 0.333 e. The molecule has 0 amide bonds. The molecule has 7 nitrogen and oxygen atoms in total. The molecule has 1 atom stereocenters. The number of anilines is 2. The Labute approximate surface area is 192 Å². The number of carbonyl (C=O) groups is 1. The fraction of sp³-hybridized carbons (Fsp3) is 0.0800. The number of nitrogens with zero attached hydrogens (tertiary/aromatic N) is 3. The van der Waals surface area contributed by atoms with Crippen molar-refractivity contribution in [3.05, 3.63) is 102 Å². The minimum absolute atomic E-state index is 0.376. The van der Waals surface area contributed by atoms with Gasteiger partial charge in [-0.15, -0.1) is 0 Å². The number of hydrogen-bond donors (Lipinski definition) is 1. The van der Waals surface area contributed by atoms with E-state index in [4.69, 9.17) is 0 Å². The van der Waals surface area contributed by atoms with Crippen molar-refractivity contribution >= 4 is 38.8 Å². The number of rotatable bonds is 6. The zero-order valence-electron chi connectivity index (χ0n) is 17.7. The van der Waals surface area contributed by atoms with Gasteiger partial charge in [0.05, 0.1) is 29.3 Å². The van der Waals surface area contributed by atoms with E-state index in [0.717, 1.165) is 18.1 Å². The molecule has 0 spiro atoms. The number of sulfonamides is 1. The van der Waals surface area contributed by atoms with Gasteiger partial charge in [-0.3, -0.25) is 9.71 Å². The number of nitriles is 1. The number of allylic oxidation sites excluding steroid dienone is 2. The van der Waals surface area contributed by atoms with E-state index >= 15 is 0 Å². The Bertz CT molecular complexity index is 1410. The summed E-state index contributed by atoms with van der Waals surface area (Å²) in [5.41, 5.74) is 4.17. The fourth-order valence-corrected chi connectivity index (χ4v) is 4.29. The molecule has 1 aliphatic heterocycles. The van der Waals surface area contributed by atoms with E-state index in [0.29, 0.717) is 33.8 Å². The number of carbonyl (C=O) groups excluding carboxylic acids is 1. The summed E-state index contributed by atoms with van der Waals surface area (Å²) in [6.07, 6.45) is 7.24. The highest BCUT2D eigenvalue weighted by atomic mass is 32.2. The molecule has 1 unspecified atom stereocenters. The zero-order valence-corrected chi connectivity index (χ0v) is 18.5. The van der Waals surface area contributed by atoms with Gasteiger partial charge in [0, 0.05) is 23.7 Å². The van der Waals surface area contributed by atoms with Crippen molar-refractivity contribution in [2.24, 2.45) is 0 Å². The Morgan fingerprint density at radius 2 is 1.88 bits per heavy atom. The molecule has 2 aromatic carbocycles. The molecule has 0 aliphatic carbocycles. The minimum Gasteiger partial charge on any atom is -0.333 e. The molecule has 0 radical (unpaired) electrons. The van der Waals surface area contributed by atoms with Crippen LogP contribution in [0.2, 0.25) is 0 Å². The smallest absolute Gasteiger partial charge is 0.229 e. The van der Waals surface area contributed by atoms with Crippen LogP contribution in [0.25, 0.3) is 11.1 Å². The van der Waals surface area contributed by atoms with Gasteiger partial charge < -0.3 is 9.69 Å². The van der Waals surface area contributed by atoms with Crippen molar-refractivity contribution in [1.82, 2.24) is 4.98 Å². The normalized spacial score (nSPS) is 15.8. The molecule has 3 aromatic rings. The predicted octanol–water partition coefficient (Wildman–Crippen LogP) is 3.84. The van der Waals surface area contributed by atoms with Gasteiger partial charge in [0.1, 0.15) is 12.3 Å². The van der Waals surface area contributed by atoms with Gasteiger partial charge in [0.15, 0.2) is 0 Å². The average molecular weight is 457 g/mol. The third kappa shape index (κ3) is 4.84. The van der Waals surface area contributed by atoms with Crippen molar-refractivity contribution in [2.45, 2.75) is 6.04 Å². The second-order valence-corrected chi connectivity index (χ2v) is 9.22. The Balaban J connectivity index is 1.89. The van der Waals surface area contributed by atoms with Crippen LogP contribution in [-0.4, -0.2) is 32.0 Å². The molecular formula is C25H20N4O3S. The number of hydrogen-bond acceptors (Lipinski definition) is 6. The van der Waals surface area contributed by atoms with E-state index in [1.54, 1.807) is 53.7 Å². The number of pyridine rings is 1. The summed E-state index contributed by atoms with van der Waals surface area (Å²) in [5, 5.41) is 9.65. The van der Waals surface area contributed by atoms with Crippen LogP contribution in [-0.2, 0) is 14.8 Å². The van der Waals surface area contributed by atoms with Gasteiger partial charge in [-0.2, -0.15) is 5.26 Å². The topological polar surface area (TPSA) is 103 Å². The Hall–Kier alpha value is -4.22. The first-order valence-electron chi connectivity index (χ1n) is 10.1. The first-order valence-corrected chi connectivity index (χ1v) is 11.9. The highest BCUT2D eigenvalue weighted by molar-refractivity contribution is 7.92. The van der Waals surface area contributed by atoms with Crippen molar-refractivity contribution in [3.8, 4) is 6.07 Å². The van der Waals surface area contributed by atoms with Crippen LogP contribution in [0.1, 0.15) is 16.8 Å². The van der Waals surface area contributed by atoms with E-state index in [1.165, 1.54) is 0 Å². The van der Waals surface area contributed by atoms with Crippen LogP contribution in [0.3, 0.4) is 0 Å². The van der Waals surface area contributed by atoms with E-state index in [-0.39, 0.29) is 0 Å². The molecular weight excluding hydrogens is 436 g/mol. The lowest BCUT2D eigenvalue weighted by atomic mass is 9.89. The van der Waals surface area contributed by atoms with Crippen LogP contribution in [0.4, 0.5) is 11.4 Å². The van der Waals surface area contributed by atoms with Gasteiger partial charge in [0.25, 0.3) is 0 Å². The second kappa shape index (κ2) is 9.10. The van der Waals surface area contributed by atoms with Crippen molar-refractivity contribution < 1.29 is 13.2 Å². The molecule has 0 saturated heterocycles. The molecule has 1 aromatic heterocycles. The zero-order chi connectivity index (χ0) is 23.4. The van der Waals surface area contributed by atoms with Crippen LogP contribution in [0.5, 0.6) is 0 Å². The highest BCUT2D eigenvalue weighted by Gasteiger charge is 2.29. The van der Waals surface area contributed by atoms with Crippen molar-refractivity contribution in [1.29, 1.82) is 5.26 Å². The lowest BCUT2D eigenvalue weighted by Crippen LogP contribution is -2.36. The molecule has 2 heterocycles. The van der Waals surface area contributed by atoms with Gasteiger partial charge in [-0.25, -0.2) is 8.42 Å². The standard InChI is InChI=1S/C25H20N4O3S/c1-33(31,32)28-20-8-6-9-21(14-20)29-16-19(24-11-4-5-12-27-24)13-23(25(29)17-30)22-10-3-2-7-18(22)15-26/h2-14,16-17,25,28H,1H3. The quantitative estimate of drug-likeness (QED) is 0.566. The summed E-state index contributed by atoms with van der Waals surface area (Å²) in [6, 6.07) is 20.9. The number of benzene rings is 2. The predicted molar refractivity (Wildman–Crippen MR) is 129 cm³/mol. The Morgan fingerprint density at radius 1 is 1.09 bits per heavy atom. The molecule has 0 fully saturated rings. The van der Waals surface area contributed by atoms with Crippen LogP contribution in [0.15, 0.2) is 85.2 Å². The Kier molecular flexibility index (Phi) is 6.07. The first-order chi connectivity index (χ1) is 15.9. The lowest BCUT2D eigenvalue weighted by molar-refractivity contribution is -0.107. The third-order valence-electron chi connectivity index (χ3n) is 5.10. The molecule has 0 saturated carbocycles. The molecule has 4 rings (SSSR count). The van der Waals surface area contributed by atoms with E-state index < -0.39 is 16.1 Å². The van der Waals surface area contributed by atoms with Gasteiger partial charge in [-0.1, -0.05) is 30.3 Å². The molecule has 8 heteroatoms. The molecule has 33 heavy (non-hydrogen) atoms. The average Bonchev–Trinajstić information content (AvgIpc) is 2.82. The van der Waals surface area contributed by atoms with Crippen molar-refractivity contribution in [3.63, 3.8) is 0 Å². The summed E-state index contributed by atoms with van der Waals surface area (Å²) >= 11 is 0. The number of aldehydes is 1. The number of aromatic nitrogens is 1. The summed E-state index contributed by atoms with van der Waals surface area (Å²) in [7, 11) is -3.47. The first kappa shape index (κ1) is 22.0. The fourth-order valence-electron chi connectivity index (χ4n) is 3.73. The summed E-state index contributed by atoms with van der Waals surface area (Å²) in [6.45, 7) is 0. The maximum absolute atomic E-state index is 12.4. The second-order valence-electron chi connectivity index (χ2n) is 7.47. The number of nitrogens with one attached hydrogen (secondary N) is 1. The van der Waals surface area contributed by atoms with Gasteiger partial charge in [-0.05, 0) is 53.6 Å². The molecule has 1 N–H and O–H groups in total. The monoisotopic (exact) mass is 456 g/mol.